The van der Waals surface area contributed by atoms with Crippen LogP contribution in [0, 0.1) is 6.92 Å². The zero-order valence-corrected chi connectivity index (χ0v) is 12.3. The van der Waals surface area contributed by atoms with Gasteiger partial charge < -0.3 is 9.84 Å². The summed E-state index contributed by atoms with van der Waals surface area (Å²) >= 11 is 0. The average molecular weight is 291 g/mol. The van der Waals surface area contributed by atoms with Gasteiger partial charge >= 0.3 is 12.1 Å². The van der Waals surface area contributed by atoms with Crippen LogP contribution < -0.4 is 5.32 Å². The standard InChI is InChI=1S/C14H17N3O4/c1-8-11(12(18)19)10-7-9(5-6-17(10)16-8)15-13(20)21-14(2,3)4/h5-7H,1-4H3,(H,15,20)(H,18,19). The predicted octanol–water partition coefficient (Wildman–Crippen LogP) is 2.69. The van der Waals surface area contributed by atoms with E-state index in [0.29, 0.717) is 16.9 Å². The van der Waals surface area contributed by atoms with Gasteiger partial charge in [0.25, 0.3) is 0 Å². The molecular weight excluding hydrogens is 274 g/mol. The van der Waals surface area contributed by atoms with E-state index in [1.807, 2.05) is 0 Å². The number of nitrogens with one attached hydrogen (secondary N) is 1. The topological polar surface area (TPSA) is 92.9 Å². The molecule has 0 spiro atoms. The van der Waals surface area contributed by atoms with Crippen molar-refractivity contribution in [3.63, 3.8) is 0 Å². The molecule has 2 aromatic rings. The molecule has 0 aliphatic carbocycles. The van der Waals surface area contributed by atoms with Gasteiger partial charge in [0.05, 0.1) is 11.2 Å². The van der Waals surface area contributed by atoms with Gasteiger partial charge in [-0.05, 0) is 39.8 Å². The van der Waals surface area contributed by atoms with Crippen molar-refractivity contribution in [1.29, 1.82) is 0 Å². The summed E-state index contributed by atoms with van der Waals surface area (Å²) in [5.41, 5.74) is 0.778. The number of aryl methyl sites for hydroxylation is 1. The van der Waals surface area contributed by atoms with Crippen molar-refractivity contribution >= 4 is 23.3 Å². The van der Waals surface area contributed by atoms with Crippen molar-refractivity contribution in [2.24, 2.45) is 0 Å². The molecule has 0 saturated carbocycles. The third kappa shape index (κ3) is 3.31. The van der Waals surface area contributed by atoms with Crippen LogP contribution >= 0.6 is 0 Å². The number of carbonyl (C=O) groups excluding carboxylic acids is 1. The number of aromatic nitrogens is 2. The molecule has 2 aromatic heterocycles. The molecule has 0 radical (unpaired) electrons. The van der Waals surface area contributed by atoms with Gasteiger partial charge in [-0.3, -0.25) is 5.32 Å². The van der Waals surface area contributed by atoms with Crippen LogP contribution in [0.1, 0.15) is 36.8 Å². The molecule has 0 aliphatic heterocycles. The lowest BCUT2D eigenvalue weighted by molar-refractivity contribution is 0.0634. The highest BCUT2D eigenvalue weighted by atomic mass is 16.6. The highest BCUT2D eigenvalue weighted by Gasteiger charge is 2.18. The number of nitrogens with zero attached hydrogens (tertiary/aromatic N) is 2. The number of carbonyl (C=O) groups is 2. The highest BCUT2D eigenvalue weighted by Crippen LogP contribution is 2.20. The predicted molar refractivity (Wildman–Crippen MR) is 76.7 cm³/mol. The molecule has 7 heteroatoms. The molecular formula is C14H17N3O4. The highest BCUT2D eigenvalue weighted by molar-refractivity contribution is 5.98. The van der Waals surface area contributed by atoms with Crippen molar-refractivity contribution in [3.8, 4) is 0 Å². The normalized spacial score (nSPS) is 11.4. The second-order valence-electron chi connectivity index (χ2n) is 5.64. The molecule has 2 rings (SSSR count). The first-order chi connectivity index (χ1) is 9.67. The van der Waals surface area contributed by atoms with Crippen LogP contribution in [0.4, 0.5) is 10.5 Å². The monoisotopic (exact) mass is 291 g/mol. The number of anilines is 1. The Morgan fingerprint density at radius 2 is 2.05 bits per heavy atom. The van der Waals surface area contributed by atoms with Gasteiger partial charge in [-0.25, -0.2) is 14.1 Å². The SMILES string of the molecule is Cc1nn2ccc(NC(=O)OC(C)(C)C)cc2c1C(=O)O. The molecule has 21 heavy (non-hydrogen) atoms. The second-order valence-corrected chi connectivity index (χ2v) is 5.64. The van der Waals surface area contributed by atoms with E-state index in [1.165, 1.54) is 4.52 Å². The van der Waals surface area contributed by atoms with Gasteiger partial charge in [-0.2, -0.15) is 5.10 Å². The molecule has 112 valence electrons. The Morgan fingerprint density at radius 1 is 1.38 bits per heavy atom. The minimum atomic E-state index is -1.06. The maximum Gasteiger partial charge on any atom is 0.412 e. The van der Waals surface area contributed by atoms with Crippen molar-refractivity contribution in [2.75, 3.05) is 5.32 Å². The molecule has 0 aliphatic rings. The lowest BCUT2D eigenvalue weighted by atomic mass is 10.2. The van der Waals surface area contributed by atoms with Gasteiger partial charge in [0.15, 0.2) is 0 Å². The first-order valence-corrected chi connectivity index (χ1v) is 6.39. The summed E-state index contributed by atoms with van der Waals surface area (Å²) in [4.78, 5) is 23.0. The van der Waals surface area contributed by atoms with Gasteiger partial charge in [-0.1, -0.05) is 0 Å². The zero-order valence-electron chi connectivity index (χ0n) is 12.3. The molecule has 0 atom stereocenters. The summed E-state index contributed by atoms with van der Waals surface area (Å²) in [5.74, 6) is -1.06. The molecule has 2 N–H and O–H groups in total. The summed E-state index contributed by atoms with van der Waals surface area (Å²) in [6.07, 6.45) is 0.988. The minimum Gasteiger partial charge on any atom is -0.478 e. The van der Waals surface area contributed by atoms with Crippen molar-refractivity contribution in [3.05, 3.63) is 29.6 Å². The smallest absolute Gasteiger partial charge is 0.412 e. The van der Waals surface area contributed by atoms with Crippen LogP contribution in [0.3, 0.4) is 0 Å². The molecule has 0 bridgehead atoms. The Kier molecular flexibility index (Phi) is 3.59. The Hall–Kier alpha value is -2.57. The van der Waals surface area contributed by atoms with E-state index in [0.717, 1.165) is 0 Å². The average Bonchev–Trinajstić information content (AvgIpc) is 2.61. The number of rotatable bonds is 2. The van der Waals surface area contributed by atoms with Crippen LogP contribution in [0.15, 0.2) is 18.3 Å². The molecule has 7 nitrogen and oxygen atoms in total. The van der Waals surface area contributed by atoms with E-state index < -0.39 is 17.7 Å². The quantitative estimate of drug-likeness (QED) is 0.887. The van der Waals surface area contributed by atoms with Crippen LogP contribution in [-0.4, -0.2) is 32.4 Å². The molecule has 0 saturated heterocycles. The van der Waals surface area contributed by atoms with Crippen LogP contribution in [-0.2, 0) is 4.74 Å². The maximum absolute atomic E-state index is 11.7. The van der Waals surface area contributed by atoms with Crippen LogP contribution in [0.5, 0.6) is 0 Å². The number of pyridine rings is 1. The van der Waals surface area contributed by atoms with Crippen molar-refractivity contribution in [2.45, 2.75) is 33.3 Å². The van der Waals surface area contributed by atoms with Gasteiger partial charge in [0.1, 0.15) is 11.2 Å². The van der Waals surface area contributed by atoms with E-state index in [-0.39, 0.29) is 5.56 Å². The summed E-state index contributed by atoms with van der Waals surface area (Å²) in [6, 6.07) is 3.17. The van der Waals surface area contributed by atoms with Gasteiger partial charge in [0.2, 0.25) is 0 Å². The second kappa shape index (κ2) is 5.08. The summed E-state index contributed by atoms with van der Waals surface area (Å²) < 4.78 is 6.61. The Labute approximate surface area is 121 Å². The third-order valence-corrected chi connectivity index (χ3v) is 2.67. The van der Waals surface area contributed by atoms with E-state index in [4.69, 9.17) is 4.74 Å². The first kappa shape index (κ1) is 14.8. The van der Waals surface area contributed by atoms with Crippen molar-refractivity contribution < 1.29 is 19.4 Å². The first-order valence-electron chi connectivity index (χ1n) is 6.39. The van der Waals surface area contributed by atoms with Gasteiger partial charge in [-0.15, -0.1) is 0 Å². The molecule has 0 unspecified atom stereocenters. The number of carboxylic acids is 1. The van der Waals surface area contributed by atoms with E-state index in [1.54, 1.807) is 46.0 Å². The Morgan fingerprint density at radius 3 is 2.62 bits per heavy atom. The lowest BCUT2D eigenvalue weighted by Crippen LogP contribution is -2.27. The molecule has 0 fully saturated rings. The zero-order chi connectivity index (χ0) is 15.8. The summed E-state index contributed by atoms with van der Waals surface area (Å²) in [5, 5.41) is 15.9. The number of aromatic carboxylic acids is 1. The number of fused-ring (bicyclic) bond motifs is 1. The summed E-state index contributed by atoms with van der Waals surface area (Å²) in [7, 11) is 0. The Balaban J connectivity index is 2.32. The fourth-order valence-electron chi connectivity index (χ4n) is 1.93. The number of hydrogen-bond acceptors (Lipinski definition) is 4. The molecule has 1 amide bonds. The number of carboxylic acid groups (broad SMARTS) is 1. The number of ether oxygens (including phenoxy) is 1. The van der Waals surface area contributed by atoms with E-state index >= 15 is 0 Å². The largest absolute Gasteiger partial charge is 0.478 e. The van der Waals surface area contributed by atoms with E-state index in [2.05, 4.69) is 10.4 Å². The molecule has 0 aromatic carbocycles. The fourth-order valence-corrected chi connectivity index (χ4v) is 1.93. The van der Waals surface area contributed by atoms with Crippen LogP contribution in [0.25, 0.3) is 5.52 Å². The lowest BCUT2D eigenvalue weighted by Gasteiger charge is -2.19. The van der Waals surface area contributed by atoms with E-state index in [9.17, 15) is 14.7 Å². The third-order valence-electron chi connectivity index (χ3n) is 2.67. The fraction of sp³-hybridized carbons (Fsp3) is 0.357. The number of hydrogen-bond donors (Lipinski definition) is 2. The van der Waals surface area contributed by atoms with Crippen LogP contribution in [0.2, 0.25) is 0 Å². The summed E-state index contributed by atoms with van der Waals surface area (Å²) in [6.45, 7) is 6.91. The Bertz CT molecular complexity index is 713. The maximum atomic E-state index is 11.7. The van der Waals surface area contributed by atoms with Crippen molar-refractivity contribution in [1.82, 2.24) is 9.61 Å². The van der Waals surface area contributed by atoms with Gasteiger partial charge in [0, 0.05) is 11.9 Å². The minimum absolute atomic E-state index is 0.114. The molecule has 2 heterocycles. The number of amides is 1.